The molecule has 26 heavy (non-hydrogen) atoms. The third-order valence-corrected chi connectivity index (χ3v) is 6.46. The normalized spacial score (nSPS) is 11.8. The molecule has 4 aromatic rings. The maximum Gasteiger partial charge on any atom is 0.268 e. The molecule has 0 radical (unpaired) electrons. The average Bonchev–Trinajstić information content (AvgIpc) is 3.02. The van der Waals surface area contributed by atoms with Crippen LogP contribution in [-0.2, 0) is 10.0 Å². The summed E-state index contributed by atoms with van der Waals surface area (Å²) in [5, 5.41) is 0.850. The van der Waals surface area contributed by atoms with Crippen LogP contribution < -0.4 is 0 Å². The van der Waals surface area contributed by atoms with E-state index in [2.05, 4.69) is 20.9 Å². The number of benzene rings is 2. The van der Waals surface area contributed by atoms with Crippen LogP contribution in [0.4, 0.5) is 0 Å². The van der Waals surface area contributed by atoms with Crippen LogP contribution >= 0.6 is 15.9 Å². The van der Waals surface area contributed by atoms with Gasteiger partial charge in [0.15, 0.2) is 0 Å². The zero-order valence-corrected chi connectivity index (χ0v) is 16.3. The van der Waals surface area contributed by atoms with E-state index in [9.17, 15) is 8.42 Å². The van der Waals surface area contributed by atoms with Crippen molar-refractivity contribution in [2.45, 2.75) is 11.8 Å². The highest BCUT2D eigenvalue weighted by Gasteiger charge is 2.22. The van der Waals surface area contributed by atoms with Crippen LogP contribution in [0, 0.1) is 6.92 Å². The van der Waals surface area contributed by atoms with Crippen molar-refractivity contribution in [1.82, 2.24) is 8.96 Å². The van der Waals surface area contributed by atoms with Crippen molar-refractivity contribution in [3.8, 4) is 11.1 Å². The van der Waals surface area contributed by atoms with E-state index in [0.29, 0.717) is 5.52 Å². The summed E-state index contributed by atoms with van der Waals surface area (Å²) in [6.45, 7) is 1.93. The maximum atomic E-state index is 13.2. The van der Waals surface area contributed by atoms with Gasteiger partial charge in [-0.2, -0.15) is 0 Å². The lowest BCUT2D eigenvalue weighted by Crippen LogP contribution is -2.11. The number of nitrogens with zero attached hydrogens (tertiary/aromatic N) is 2. The largest absolute Gasteiger partial charge is 0.268 e. The van der Waals surface area contributed by atoms with E-state index in [0.717, 1.165) is 26.5 Å². The molecule has 0 fully saturated rings. The van der Waals surface area contributed by atoms with Crippen molar-refractivity contribution >= 4 is 36.9 Å². The van der Waals surface area contributed by atoms with Crippen LogP contribution in [0.5, 0.6) is 0 Å². The van der Waals surface area contributed by atoms with E-state index < -0.39 is 10.0 Å². The van der Waals surface area contributed by atoms with E-state index in [1.165, 1.54) is 3.97 Å². The molecule has 2 aromatic heterocycles. The first-order valence-corrected chi connectivity index (χ1v) is 10.2. The molecule has 4 rings (SSSR count). The molecule has 4 nitrogen and oxygen atoms in total. The maximum absolute atomic E-state index is 13.2. The van der Waals surface area contributed by atoms with Gasteiger partial charge >= 0.3 is 0 Å². The van der Waals surface area contributed by atoms with Crippen LogP contribution in [0.25, 0.3) is 22.0 Å². The molecular weight excluding hydrogens is 412 g/mol. The molecule has 2 heterocycles. The average molecular weight is 427 g/mol. The van der Waals surface area contributed by atoms with Crippen LogP contribution in [0.2, 0.25) is 0 Å². The fourth-order valence-corrected chi connectivity index (χ4v) is 4.68. The fourth-order valence-electron chi connectivity index (χ4n) is 2.95. The van der Waals surface area contributed by atoms with Gasteiger partial charge in [-0.1, -0.05) is 39.7 Å². The Bertz CT molecular complexity index is 1200. The molecule has 2 aromatic carbocycles. The van der Waals surface area contributed by atoms with Crippen molar-refractivity contribution in [3.63, 3.8) is 0 Å². The van der Waals surface area contributed by atoms with E-state index >= 15 is 0 Å². The van der Waals surface area contributed by atoms with Crippen molar-refractivity contribution in [1.29, 1.82) is 0 Å². The van der Waals surface area contributed by atoms with E-state index in [-0.39, 0.29) is 4.90 Å². The second-order valence-corrected chi connectivity index (χ2v) is 8.79. The molecule has 0 unspecified atom stereocenters. The lowest BCUT2D eigenvalue weighted by Gasteiger charge is -2.08. The molecule has 0 atom stereocenters. The first kappa shape index (κ1) is 17.0. The van der Waals surface area contributed by atoms with Gasteiger partial charge in [-0.05, 0) is 43.3 Å². The molecule has 0 saturated carbocycles. The topological polar surface area (TPSA) is 52.0 Å². The molecule has 0 bridgehead atoms. The predicted molar refractivity (Wildman–Crippen MR) is 107 cm³/mol. The zero-order chi connectivity index (χ0) is 18.3. The Balaban J connectivity index is 2.01. The number of halogens is 1. The Hall–Kier alpha value is -2.44. The molecule has 0 aliphatic heterocycles. The molecule has 0 N–H and O–H groups in total. The van der Waals surface area contributed by atoms with Gasteiger partial charge in [-0.3, -0.25) is 4.98 Å². The Morgan fingerprint density at radius 1 is 1.04 bits per heavy atom. The lowest BCUT2D eigenvalue weighted by atomic mass is 10.1. The smallest absolute Gasteiger partial charge is 0.264 e. The highest BCUT2D eigenvalue weighted by atomic mass is 79.9. The summed E-state index contributed by atoms with van der Waals surface area (Å²) in [4.78, 5) is 4.42. The summed E-state index contributed by atoms with van der Waals surface area (Å²) in [7, 11) is -3.70. The molecular formula is C20H15BrN2O2S. The number of fused-ring (bicyclic) bond motifs is 1. The SMILES string of the molecule is Cc1ccc(S(=O)(=O)n2cc(-c3cccnc3)c3cc(Br)ccc32)cc1. The number of hydrogen-bond acceptors (Lipinski definition) is 3. The van der Waals surface area contributed by atoms with Crippen molar-refractivity contribution in [2.75, 3.05) is 0 Å². The fraction of sp³-hybridized carbons (Fsp3) is 0.0500. The minimum atomic E-state index is -3.70. The molecule has 0 saturated heterocycles. The Morgan fingerprint density at radius 3 is 2.50 bits per heavy atom. The van der Waals surface area contributed by atoms with Gasteiger partial charge in [-0.15, -0.1) is 0 Å². The summed E-state index contributed by atoms with van der Waals surface area (Å²) in [5.74, 6) is 0. The number of aryl methyl sites for hydroxylation is 1. The van der Waals surface area contributed by atoms with Crippen molar-refractivity contribution in [2.24, 2.45) is 0 Å². The van der Waals surface area contributed by atoms with E-state index in [1.807, 2.05) is 37.3 Å². The highest BCUT2D eigenvalue weighted by Crippen LogP contribution is 2.34. The molecule has 6 heteroatoms. The number of pyridine rings is 1. The minimum Gasteiger partial charge on any atom is -0.264 e. The summed E-state index contributed by atoms with van der Waals surface area (Å²) in [5.41, 5.74) is 3.34. The van der Waals surface area contributed by atoms with Gasteiger partial charge in [-0.25, -0.2) is 12.4 Å². The molecule has 130 valence electrons. The number of aromatic nitrogens is 2. The zero-order valence-electron chi connectivity index (χ0n) is 13.9. The van der Waals surface area contributed by atoms with Crippen LogP contribution in [0.1, 0.15) is 5.56 Å². The Kier molecular flexibility index (Phi) is 4.17. The summed E-state index contributed by atoms with van der Waals surface area (Å²) in [6, 6.07) is 16.2. The molecule has 0 aliphatic rings. The predicted octanol–water partition coefficient (Wildman–Crippen LogP) is 5.01. The van der Waals surface area contributed by atoms with E-state index in [4.69, 9.17) is 0 Å². The Labute approximate surface area is 160 Å². The van der Waals surface area contributed by atoms with Gasteiger partial charge in [0.05, 0.1) is 10.4 Å². The lowest BCUT2D eigenvalue weighted by molar-refractivity contribution is 0.589. The number of hydrogen-bond donors (Lipinski definition) is 0. The van der Waals surface area contributed by atoms with Gasteiger partial charge < -0.3 is 0 Å². The molecule has 0 amide bonds. The number of rotatable bonds is 3. The second kappa shape index (κ2) is 6.37. The Morgan fingerprint density at radius 2 is 1.81 bits per heavy atom. The van der Waals surface area contributed by atoms with Gasteiger partial charge in [0.2, 0.25) is 0 Å². The van der Waals surface area contributed by atoms with Crippen LogP contribution in [-0.4, -0.2) is 17.4 Å². The minimum absolute atomic E-state index is 0.264. The summed E-state index contributed by atoms with van der Waals surface area (Å²) < 4.78 is 28.7. The standard InChI is InChI=1S/C20H15BrN2O2S/c1-14-4-7-17(8-5-14)26(24,25)23-13-19(15-3-2-10-22-12-15)18-11-16(21)6-9-20(18)23/h2-13H,1H3. The second-order valence-electron chi connectivity index (χ2n) is 6.06. The third-order valence-electron chi connectivity index (χ3n) is 4.28. The van der Waals surface area contributed by atoms with E-state index in [1.54, 1.807) is 42.9 Å². The monoisotopic (exact) mass is 426 g/mol. The van der Waals surface area contributed by atoms with Crippen molar-refractivity contribution < 1.29 is 8.42 Å². The first-order chi connectivity index (χ1) is 12.5. The summed E-state index contributed by atoms with van der Waals surface area (Å²) in [6.07, 6.45) is 5.10. The summed E-state index contributed by atoms with van der Waals surface area (Å²) >= 11 is 3.48. The van der Waals surface area contributed by atoms with Crippen LogP contribution in [0.15, 0.2) is 82.6 Å². The quantitative estimate of drug-likeness (QED) is 0.462. The van der Waals surface area contributed by atoms with Gasteiger partial charge in [0, 0.05) is 39.6 Å². The van der Waals surface area contributed by atoms with Gasteiger partial charge in [0.25, 0.3) is 10.0 Å². The first-order valence-electron chi connectivity index (χ1n) is 8.00. The van der Waals surface area contributed by atoms with Crippen molar-refractivity contribution in [3.05, 3.63) is 83.2 Å². The third kappa shape index (κ3) is 2.85. The molecule has 0 aliphatic carbocycles. The highest BCUT2D eigenvalue weighted by molar-refractivity contribution is 9.10. The van der Waals surface area contributed by atoms with Gasteiger partial charge in [0.1, 0.15) is 0 Å². The molecule has 0 spiro atoms. The van der Waals surface area contributed by atoms with Crippen LogP contribution in [0.3, 0.4) is 0 Å².